The predicted octanol–water partition coefficient (Wildman–Crippen LogP) is 1.45. The molecule has 1 aliphatic carbocycles. The molecular formula is C15H26N4O. The standard InChI is InChI=1S/C15H26N4O/c1-11-14(15(20-3)18(2)17-11)10-16-12-6-8-19(9-7-12)13-4-5-13/h12-13,16H,4-10H2,1-3H3. The summed E-state index contributed by atoms with van der Waals surface area (Å²) in [5.74, 6) is 0.880. The van der Waals surface area contributed by atoms with E-state index in [1.165, 1.54) is 44.3 Å². The maximum atomic E-state index is 5.45. The van der Waals surface area contributed by atoms with Crippen molar-refractivity contribution in [1.82, 2.24) is 20.0 Å². The van der Waals surface area contributed by atoms with Crippen LogP contribution in [-0.4, -0.2) is 47.0 Å². The van der Waals surface area contributed by atoms with Gasteiger partial charge in [-0.15, -0.1) is 0 Å². The molecule has 0 amide bonds. The zero-order chi connectivity index (χ0) is 14.1. The minimum absolute atomic E-state index is 0.634. The smallest absolute Gasteiger partial charge is 0.216 e. The number of methoxy groups -OCH3 is 1. The second kappa shape index (κ2) is 5.74. The molecule has 1 aliphatic heterocycles. The molecule has 0 unspecified atom stereocenters. The Kier molecular flexibility index (Phi) is 3.98. The highest BCUT2D eigenvalue weighted by atomic mass is 16.5. The van der Waals surface area contributed by atoms with E-state index in [-0.39, 0.29) is 0 Å². The lowest BCUT2D eigenvalue weighted by Crippen LogP contribution is -2.43. The Hall–Kier alpha value is -1.07. The number of aromatic nitrogens is 2. The quantitative estimate of drug-likeness (QED) is 0.885. The van der Waals surface area contributed by atoms with Crippen LogP contribution in [0, 0.1) is 6.92 Å². The molecule has 0 spiro atoms. The molecule has 0 radical (unpaired) electrons. The number of nitrogens with zero attached hydrogens (tertiary/aromatic N) is 3. The van der Waals surface area contributed by atoms with E-state index in [1.807, 2.05) is 11.7 Å². The molecule has 1 saturated carbocycles. The van der Waals surface area contributed by atoms with E-state index >= 15 is 0 Å². The van der Waals surface area contributed by atoms with Gasteiger partial charge in [-0.1, -0.05) is 0 Å². The lowest BCUT2D eigenvalue weighted by atomic mass is 10.0. The van der Waals surface area contributed by atoms with Crippen molar-refractivity contribution < 1.29 is 4.74 Å². The topological polar surface area (TPSA) is 42.3 Å². The molecule has 2 heterocycles. The van der Waals surface area contributed by atoms with Gasteiger partial charge in [-0.05, 0) is 45.7 Å². The fraction of sp³-hybridized carbons (Fsp3) is 0.800. The van der Waals surface area contributed by atoms with Gasteiger partial charge in [0, 0.05) is 25.7 Å². The third-order valence-electron chi connectivity index (χ3n) is 4.64. The van der Waals surface area contributed by atoms with Crippen LogP contribution in [0.2, 0.25) is 0 Å². The van der Waals surface area contributed by atoms with Crippen LogP contribution in [0.5, 0.6) is 5.88 Å². The zero-order valence-electron chi connectivity index (χ0n) is 12.9. The summed E-state index contributed by atoms with van der Waals surface area (Å²) in [4.78, 5) is 2.66. The first-order chi connectivity index (χ1) is 9.69. The van der Waals surface area contributed by atoms with Crippen LogP contribution in [-0.2, 0) is 13.6 Å². The Balaban J connectivity index is 1.52. The minimum Gasteiger partial charge on any atom is -0.481 e. The second-order valence-electron chi connectivity index (χ2n) is 6.12. The summed E-state index contributed by atoms with van der Waals surface area (Å²) in [5, 5.41) is 8.12. The average Bonchev–Trinajstić information content (AvgIpc) is 3.24. The number of hydrogen-bond acceptors (Lipinski definition) is 4. The summed E-state index contributed by atoms with van der Waals surface area (Å²) < 4.78 is 7.27. The fourth-order valence-corrected chi connectivity index (χ4v) is 3.29. The van der Waals surface area contributed by atoms with Crippen LogP contribution in [0.15, 0.2) is 0 Å². The van der Waals surface area contributed by atoms with Crippen molar-refractivity contribution in [1.29, 1.82) is 0 Å². The van der Waals surface area contributed by atoms with E-state index < -0.39 is 0 Å². The van der Waals surface area contributed by atoms with Gasteiger partial charge in [0.2, 0.25) is 5.88 Å². The number of hydrogen-bond donors (Lipinski definition) is 1. The summed E-state index contributed by atoms with van der Waals surface area (Å²) in [7, 11) is 3.65. The van der Waals surface area contributed by atoms with Crippen LogP contribution < -0.4 is 10.1 Å². The molecule has 1 aromatic rings. The highest BCUT2D eigenvalue weighted by molar-refractivity contribution is 5.30. The van der Waals surface area contributed by atoms with Crippen LogP contribution in [0.25, 0.3) is 0 Å². The molecule has 112 valence electrons. The van der Waals surface area contributed by atoms with Gasteiger partial charge < -0.3 is 15.0 Å². The predicted molar refractivity (Wildman–Crippen MR) is 79.0 cm³/mol. The molecule has 5 heteroatoms. The lowest BCUT2D eigenvalue weighted by Gasteiger charge is -2.32. The van der Waals surface area contributed by atoms with Gasteiger partial charge in [-0.2, -0.15) is 5.10 Å². The molecule has 1 saturated heterocycles. The van der Waals surface area contributed by atoms with Gasteiger partial charge in [0.25, 0.3) is 0 Å². The first-order valence-electron chi connectivity index (χ1n) is 7.73. The maximum Gasteiger partial charge on any atom is 0.216 e. The number of rotatable bonds is 5. The van der Waals surface area contributed by atoms with E-state index in [2.05, 4.69) is 22.2 Å². The molecule has 1 N–H and O–H groups in total. The third kappa shape index (κ3) is 2.83. The second-order valence-corrected chi connectivity index (χ2v) is 6.12. The Morgan fingerprint density at radius 3 is 2.55 bits per heavy atom. The molecule has 0 bridgehead atoms. The largest absolute Gasteiger partial charge is 0.481 e. The molecule has 2 fully saturated rings. The number of nitrogens with one attached hydrogen (secondary N) is 1. The number of piperidine rings is 1. The highest BCUT2D eigenvalue weighted by Crippen LogP contribution is 2.29. The number of aryl methyl sites for hydroxylation is 2. The van der Waals surface area contributed by atoms with Crippen molar-refractivity contribution in [3.63, 3.8) is 0 Å². The van der Waals surface area contributed by atoms with Crippen molar-refractivity contribution in [3.8, 4) is 5.88 Å². The third-order valence-corrected chi connectivity index (χ3v) is 4.64. The van der Waals surface area contributed by atoms with Crippen LogP contribution in [0.3, 0.4) is 0 Å². The molecule has 3 rings (SSSR count). The van der Waals surface area contributed by atoms with Crippen LogP contribution >= 0.6 is 0 Å². The van der Waals surface area contributed by atoms with Crippen molar-refractivity contribution in [2.24, 2.45) is 7.05 Å². The molecule has 5 nitrogen and oxygen atoms in total. The monoisotopic (exact) mass is 278 g/mol. The fourth-order valence-electron chi connectivity index (χ4n) is 3.29. The van der Waals surface area contributed by atoms with Gasteiger partial charge in [0.05, 0.1) is 18.4 Å². The molecule has 1 aromatic heterocycles. The van der Waals surface area contributed by atoms with Gasteiger partial charge >= 0.3 is 0 Å². The number of ether oxygens (including phenoxy) is 1. The first kappa shape index (κ1) is 13.9. The normalized spacial score (nSPS) is 21.4. The molecule has 2 aliphatic rings. The average molecular weight is 278 g/mol. The molecule has 20 heavy (non-hydrogen) atoms. The van der Waals surface area contributed by atoms with E-state index in [1.54, 1.807) is 7.11 Å². The summed E-state index contributed by atoms with van der Waals surface area (Å²) in [6, 6.07) is 1.55. The van der Waals surface area contributed by atoms with E-state index in [0.717, 1.165) is 24.2 Å². The van der Waals surface area contributed by atoms with Crippen molar-refractivity contribution in [3.05, 3.63) is 11.3 Å². The molecule has 0 aromatic carbocycles. The van der Waals surface area contributed by atoms with E-state index in [9.17, 15) is 0 Å². The molecule has 0 atom stereocenters. The summed E-state index contributed by atoms with van der Waals surface area (Å²) in [6.45, 7) is 5.42. The van der Waals surface area contributed by atoms with E-state index in [4.69, 9.17) is 4.74 Å². The minimum atomic E-state index is 0.634. The van der Waals surface area contributed by atoms with Crippen molar-refractivity contribution in [2.45, 2.75) is 51.2 Å². The Morgan fingerprint density at radius 1 is 1.25 bits per heavy atom. The Morgan fingerprint density at radius 2 is 1.95 bits per heavy atom. The van der Waals surface area contributed by atoms with Gasteiger partial charge in [-0.3, -0.25) is 0 Å². The van der Waals surface area contributed by atoms with E-state index in [0.29, 0.717) is 6.04 Å². The van der Waals surface area contributed by atoms with Crippen LogP contribution in [0.4, 0.5) is 0 Å². The summed E-state index contributed by atoms with van der Waals surface area (Å²) in [6.07, 6.45) is 5.37. The highest BCUT2D eigenvalue weighted by Gasteiger charge is 2.31. The lowest BCUT2D eigenvalue weighted by molar-refractivity contribution is 0.189. The summed E-state index contributed by atoms with van der Waals surface area (Å²) in [5.41, 5.74) is 2.26. The Labute approximate surface area is 121 Å². The SMILES string of the molecule is COc1c(CNC2CCN(C3CC3)CC2)c(C)nn1C. The number of likely N-dealkylation sites (tertiary alicyclic amines) is 1. The van der Waals surface area contributed by atoms with Gasteiger partial charge in [0.15, 0.2) is 0 Å². The first-order valence-corrected chi connectivity index (χ1v) is 7.73. The zero-order valence-corrected chi connectivity index (χ0v) is 12.9. The Bertz CT molecular complexity index is 459. The maximum absolute atomic E-state index is 5.45. The van der Waals surface area contributed by atoms with Gasteiger partial charge in [-0.25, -0.2) is 4.68 Å². The van der Waals surface area contributed by atoms with Gasteiger partial charge in [0.1, 0.15) is 0 Å². The van der Waals surface area contributed by atoms with Crippen LogP contribution in [0.1, 0.15) is 36.9 Å². The summed E-state index contributed by atoms with van der Waals surface area (Å²) >= 11 is 0. The van der Waals surface area contributed by atoms with Crippen molar-refractivity contribution >= 4 is 0 Å². The molecular weight excluding hydrogens is 252 g/mol. The van der Waals surface area contributed by atoms with Crippen molar-refractivity contribution in [2.75, 3.05) is 20.2 Å².